The quantitative estimate of drug-likeness (QED) is 0.451. The summed E-state index contributed by atoms with van der Waals surface area (Å²) in [5.74, 6) is -0.452. The van der Waals surface area contributed by atoms with E-state index < -0.39 is 10.9 Å². The molecule has 0 radical (unpaired) electrons. The van der Waals surface area contributed by atoms with Crippen molar-refractivity contribution in [1.82, 2.24) is 4.98 Å². The lowest BCUT2D eigenvalue weighted by atomic mass is 10.3. The monoisotopic (exact) mass is 331 g/mol. The average molecular weight is 332 g/mol. The number of aromatic nitrogens is 1. The zero-order valence-corrected chi connectivity index (χ0v) is 12.2. The molecule has 0 aliphatic rings. The molecule has 0 aromatic carbocycles. The number of halogens is 1. The van der Waals surface area contributed by atoms with E-state index in [1.54, 1.807) is 4.90 Å². The Hall–Kier alpha value is -1.70. The van der Waals surface area contributed by atoms with Crippen LogP contribution in [0.4, 0.5) is 11.4 Å². The molecule has 0 amide bonds. The fourth-order valence-corrected chi connectivity index (χ4v) is 2.20. The molecule has 0 N–H and O–H groups in total. The van der Waals surface area contributed by atoms with Gasteiger partial charge in [-0.25, -0.2) is 0 Å². The second kappa shape index (κ2) is 7.03. The number of esters is 1. The van der Waals surface area contributed by atoms with Crippen LogP contribution in [0.2, 0.25) is 0 Å². The first-order chi connectivity index (χ1) is 9.01. The van der Waals surface area contributed by atoms with E-state index in [1.165, 1.54) is 19.5 Å². The molecular weight excluding hydrogens is 318 g/mol. The lowest BCUT2D eigenvalue weighted by Gasteiger charge is -2.23. The van der Waals surface area contributed by atoms with Gasteiger partial charge in [-0.05, 0) is 22.4 Å². The Morgan fingerprint density at radius 1 is 1.58 bits per heavy atom. The summed E-state index contributed by atoms with van der Waals surface area (Å²) in [7, 11) is 1.28. The van der Waals surface area contributed by atoms with Crippen molar-refractivity contribution in [2.24, 2.45) is 0 Å². The van der Waals surface area contributed by atoms with Crippen LogP contribution in [0.1, 0.15) is 13.3 Å². The second-order valence-corrected chi connectivity index (χ2v) is 4.60. The molecule has 104 valence electrons. The SMILES string of the molecule is CCCN(CC(=O)OC)c1c(Br)cncc1[N+](=O)[O-]. The maximum absolute atomic E-state index is 11.4. The van der Waals surface area contributed by atoms with Crippen molar-refractivity contribution >= 4 is 33.3 Å². The molecule has 1 aromatic heterocycles. The van der Waals surface area contributed by atoms with E-state index in [0.717, 1.165) is 6.42 Å². The van der Waals surface area contributed by atoms with E-state index in [2.05, 4.69) is 25.7 Å². The summed E-state index contributed by atoms with van der Waals surface area (Å²) in [4.78, 5) is 27.3. The molecule has 1 heterocycles. The van der Waals surface area contributed by atoms with Crippen molar-refractivity contribution in [2.45, 2.75) is 13.3 Å². The minimum atomic E-state index is -0.521. The summed E-state index contributed by atoms with van der Waals surface area (Å²) in [5, 5.41) is 11.0. The lowest BCUT2D eigenvalue weighted by Crippen LogP contribution is -2.32. The van der Waals surface area contributed by atoms with Gasteiger partial charge in [-0.1, -0.05) is 6.92 Å². The molecule has 8 heteroatoms. The molecule has 0 aliphatic carbocycles. The fraction of sp³-hybridized carbons (Fsp3) is 0.455. The smallest absolute Gasteiger partial charge is 0.325 e. The zero-order valence-electron chi connectivity index (χ0n) is 10.6. The van der Waals surface area contributed by atoms with Crippen LogP contribution in [0.3, 0.4) is 0 Å². The average Bonchev–Trinajstić information content (AvgIpc) is 2.37. The molecule has 0 spiro atoms. The predicted octanol–water partition coefficient (Wildman–Crippen LogP) is 2.14. The van der Waals surface area contributed by atoms with Gasteiger partial charge in [0.1, 0.15) is 18.4 Å². The van der Waals surface area contributed by atoms with Crippen molar-refractivity contribution < 1.29 is 14.5 Å². The summed E-state index contributed by atoms with van der Waals surface area (Å²) >= 11 is 3.24. The Labute approximate surface area is 118 Å². The summed E-state index contributed by atoms with van der Waals surface area (Å²) in [5.41, 5.74) is 0.193. The molecular formula is C11H14BrN3O4. The van der Waals surface area contributed by atoms with Gasteiger partial charge in [0.15, 0.2) is 0 Å². The fourth-order valence-electron chi connectivity index (χ4n) is 1.62. The molecule has 19 heavy (non-hydrogen) atoms. The molecule has 1 aromatic rings. The number of anilines is 1. The third-order valence-electron chi connectivity index (χ3n) is 2.41. The molecule has 0 aliphatic heterocycles. The van der Waals surface area contributed by atoms with Crippen LogP contribution in [-0.4, -0.2) is 36.1 Å². The molecule has 0 saturated heterocycles. The number of nitro groups is 1. The Morgan fingerprint density at radius 2 is 2.26 bits per heavy atom. The van der Waals surface area contributed by atoms with E-state index in [1.807, 2.05) is 6.92 Å². The first-order valence-electron chi connectivity index (χ1n) is 5.60. The van der Waals surface area contributed by atoms with Crippen LogP contribution in [0.15, 0.2) is 16.9 Å². The number of hydrogen-bond donors (Lipinski definition) is 0. The van der Waals surface area contributed by atoms with Crippen molar-refractivity contribution in [2.75, 3.05) is 25.1 Å². The molecule has 0 saturated carbocycles. The minimum absolute atomic E-state index is 0.0478. The first kappa shape index (κ1) is 15.4. The van der Waals surface area contributed by atoms with Crippen LogP contribution < -0.4 is 4.90 Å². The zero-order chi connectivity index (χ0) is 14.4. The van der Waals surface area contributed by atoms with Crippen molar-refractivity contribution in [3.8, 4) is 0 Å². The van der Waals surface area contributed by atoms with E-state index in [9.17, 15) is 14.9 Å². The van der Waals surface area contributed by atoms with Crippen molar-refractivity contribution in [3.63, 3.8) is 0 Å². The molecule has 7 nitrogen and oxygen atoms in total. The third-order valence-corrected chi connectivity index (χ3v) is 2.99. The second-order valence-electron chi connectivity index (χ2n) is 3.74. The van der Waals surface area contributed by atoms with Gasteiger partial charge >= 0.3 is 11.7 Å². The Bertz CT molecular complexity index is 481. The highest BCUT2D eigenvalue weighted by molar-refractivity contribution is 9.10. The number of carbonyl (C=O) groups excluding carboxylic acids is 1. The van der Waals surface area contributed by atoms with Gasteiger partial charge in [-0.3, -0.25) is 19.9 Å². The highest BCUT2D eigenvalue weighted by Crippen LogP contribution is 2.34. The van der Waals surface area contributed by atoms with Gasteiger partial charge in [0.2, 0.25) is 0 Å². The third kappa shape index (κ3) is 3.88. The molecule has 0 fully saturated rings. The topological polar surface area (TPSA) is 85.6 Å². The van der Waals surface area contributed by atoms with Crippen LogP contribution in [-0.2, 0) is 9.53 Å². The minimum Gasteiger partial charge on any atom is -0.468 e. The summed E-state index contributed by atoms with van der Waals surface area (Å²) < 4.78 is 5.08. The van der Waals surface area contributed by atoms with E-state index >= 15 is 0 Å². The largest absolute Gasteiger partial charge is 0.468 e. The van der Waals surface area contributed by atoms with E-state index in [4.69, 9.17) is 0 Å². The number of rotatable bonds is 6. The van der Waals surface area contributed by atoms with E-state index in [-0.39, 0.29) is 12.2 Å². The number of pyridine rings is 1. The van der Waals surface area contributed by atoms with Crippen LogP contribution in [0.25, 0.3) is 0 Å². The van der Waals surface area contributed by atoms with E-state index in [0.29, 0.717) is 16.7 Å². The van der Waals surface area contributed by atoms with Gasteiger partial charge in [0, 0.05) is 12.7 Å². The molecule has 1 rings (SSSR count). The molecule has 0 bridgehead atoms. The van der Waals surface area contributed by atoms with Gasteiger partial charge in [0.25, 0.3) is 0 Å². The highest BCUT2D eigenvalue weighted by atomic mass is 79.9. The normalized spacial score (nSPS) is 10.1. The number of nitrogens with zero attached hydrogens (tertiary/aromatic N) is 3. The number of ether oxygens (including phenoxy) is 1. The van der Waals surface area contributed by atoms with Gasteiger partial charge in [-0.2, -0.15) is 0 Å². The maximum Gasteiger partial charge on any atom is 0.325 e. The van der Waals surface area contributed by atoms with Gasteiger partial charge in [-0.15, -0.1) is 0 Å². The van der Waals surface area contributed by atoms with Gasteiger partial charge in [0.05, 0.1) is 16.5 Å². The predicted molar refractivity (Wildman–Crippen MR) is 73.1 cm³/mol. The first-order valence-corrected chi connectivity index (χ1v) is 6.40. The summed E-state index contributed by atoms with van der Waals surface area (Å²) in [6.45, 7) is 2.37. The molecule has 0 atom stereocenters. The van der Waals surface area contributed by atoms with Crippen LogP contribution in [0.5, 0.6) is 0 Å². The Morgan fingerprint density at radius 3 is 2.79 bits per heavy atom. The lowest BCUT2D eigenvalue weighted by molar-refractivity contribution is -0.384. The Balaban J connectivity index is 3.20. The standard InChI is InChI=1S/C11H14BrN3O4/c1-3-4-14(7-10(16)19-2)11-8(12)5-13-6-9(11)15(17)18/h5-6H,3-4,7H2,1-2H3. The maximum atomic E-state index is 11.4. The van der Waals surface area contributed by atoms with Gasteiger partial charge < -0.3 is 9.64 Å². The summed E-state index contributed by atoms with van der Waals surface area (Å²) in [6.07, 6.45) is 3.37. The van der Waals surface area contributed by atoms with Crippen LogP contribution >= 0.6 is 15.9 Å². The highest BCUT2D eigenvalue weighted by Gasteiger charge is 2.24. The van der Waals surface area contributed by atoms with Crippen LogP contribution in [0, 0.1) is 10.1 Å². The molecule has 0 unspecified atom stereocenters. The number of hydrogen-bond acceptors (Lipinski definition) is 6. The van der Waals surface area contributed by atoms with Crippen molar-refractivity contribution in [3.05, 3.63) is 27.0 Å². The number of carbonyl (C=O) groups is 1. The van der Waals surface area contributed by atoms with Crippen molar-refractivity contribution in [1.29, 1.82) is 0 Å². The summed E-state index contributed by atoms with van der Waals surface area (Å²) in [6, 6.07) is 0. The number of methoxy groups -OCH3 is 1. The Kier molecular flexibility index (Phi) is 5.68.